The Morgan fingerprint density at radius 3 is 2.66 bits per heavy atom. The highest BCUT2D eigenvalue weighted by Gasteiger charge is 2.35. The minimum atomic E-state index is -4.82. The largest absolute Gasteiger partial charge is 0.489 e. The molecule has 0 fully saturated rings. The van der Waals surface area contributed by atoms with Gasteiger partial charge in [0.25, 0.3) is 5.91 Å². The second-order valence-corrected chi connectivity index (χ2v) is 7.18. The second-order valence-electron chi connectivity index (χ2n) is 6.78. The summed E-state index contributed by atoms with van der Waals surface area (Å²) < 4.78 is 65.2. The number of halogens is 5. The number of aromatic nitrogens is 1. The highest BCUT2D eigenvalue weighted by molar-refractivity contribution is 6.32. The molecule has 2 heterocycles. The lowest BCUT2D eigenvalue weighted by atomic mass is 10.1. The van der Waals surface area contributed by atoms with Crippen molar-refractivity contribution < 1.29 is 31.8 Å². The molecule has 6 nitrogen and oxygen atoms in total. The molecule has 1 aromatic heterocycles. The highest BCUT2D eigenvalue weighted by Crippen LogP contribution is 2.43. The van der Waals surface area contributed by atoms with Crippen LogP contribution in [0.4, 0.5) is 23.2 Å². The number of hydrogen-bond acceptors (Lipinski definition) is 4. The SMILES string of the molecule is O=C(Nc1cc[nH]c(=O)c1)c1cc(Cl)c(C(F)(F)F)cc1Oc1ccc(F)c2c1OCC2. The molecular weight excluding hydrogens is 456 g/mol. The number of rotatable bonds is 4. The van der Waals surface area contributed by atoms with Gasteiger partial charge >= 0.3 is 6.18 Å². The molecule has 1 aliphatic heterocycles. The van der Waals surface area contributed by atoms with Gasteiger partial charge in [0.2, 0.25) is 5.56 Å². The van der Waals surface area contributed by atoms with Crippen molar-refractivity contribution in [3.05, 3.63) is 80.5 Å². The number of pyridine rings is 1. The molecule has 1 amide bonds. The molecule has 3 aromatic rings. The van der Waals surface area contributed by atoms with Crippen LogP contribution in [0.1, 0.15) is 21.5 Å². The highest BCUT2D eigenvalue weighted by atomic mass is 35.5. The van der Waals surface area contributed by atoms with Crippen LogP contribution in [0.25, 0.3) is 0 Å². The smallest absolute Gasteiger partial charge is 0.417 e. The standard InChI is InChI=1S/C21H13ClF4N2O4/c22-14-8-12(20(30)28-10-3-5-27-18(29)7-10)17(9-13(14)21(24,25)26)32-16-2-1-15(23)11-4-6-31-19(11)16/h1-3,5,7-9H,4,6H2,(H2,27,28,29,30). The van der Waals surface area contributed by atoms with E-state index in [0.717, 1.165) is 18.2 Å². The number of nitrogens with one attached hydrogen (secondary N) is 2. The molecule has 0 unspecified atom stereocenters. The summed E-state index contributed by atoms with van der Waals surface area (Å²) in [5, 5.41) is 1.68. The fourth-order valence-electron chi connectivity index (χ4n) is 3.18. The van der Waals surface area contributed by atoms with Crippen LogP contribution < -0.4 is 20.3 Å². The van der Waals surface area contributed by atoms with Gasteiger partial charge < -0.3 is 19.8 Å². The van der Waals surface area contributed by atoms with Crippen LogP contribution in [0.5, 0.6) is 17.2 Å². The lowest BCUT2D eigenvalue weighted by Crippen LogP contribution is -2.16. The Kier molecular flexibility index (Phi) is 5.55. The Bertz CT molecular complexity index is 1270. The molecule has 0 saturated carbocycles. The van der Waals surface area contributed by atoms with Crippen LogP contribution in [0.2, 0.25) is 5.02 Å². The molecule has 1 aliphatic rings. The Morgan fingerprint density at radius 2 is 1.94 bits per heavy atom. The zero-order valence-corrected chi connectivity index (χ0v) is 16.7. The van der Waals surface area contributed by atoms with E-state index in [-0.39, 0.29) is 41.3 Å². The van der Waals surface area contributed by atoms with Crippen LogP contribution in [-0.2, 0) is 12.6 Å². The van der Waals surface area contributed by atoms with E-state index in [9.17, 15) is 27.2 Å². The molecule has 0 spiro atoms. The van der Waals surface area contributed by atoms with E-state index < -0.39 is 39.8 Å². The van der Waals surface area contributed by atoms with E-state index in [1.165, 1.54) is 18.3 Å². The molecule has 0 radical (unpaired) electrons. The number of ether oxygens (including phenoxy) is 2. The van der Waals surface area contributed by atoms with E-state index in [0.29, 0.717) is 6.07 Å². The Balaban J connectivity index is 1.78. The van der Waals surface area contributed by atoms with Gasteiger partial charge in [-0.1, -0.05) is 11.6 Å². The quantitative estimate of drug-likeness (QED) is 0.518. The van der Waals surface area contributed by atoms with Crippen LogP contribution in [-0.4, -0.2) is 17.5 Å². The average Bonchev–Trinajstić information content (AvgIpc) is 3.21. The maximum absolute atomic E-state index is 14.0. The van der Waals surface area contributed by atoms with Crippen molar-refractivity contribution in [3.8, 4) is 17.2 Å². The number of amides is 1. The maximum Gasteiger partial charge on any atom is 0.417 e. The van der Waals surface area contributed by atoms with Gasteiger partial charge in [-0.05, 0) is 30.3 Å². The maximum atomic E-state index is 14.0. The van der Waals surface area contributed by atoms with Crippen molar-refractivity contribution in [2.75, 3.05) is 11.9 Å². The van der Waals surface area contributed by atoms with E-state index in [1.807, 2.05) is 0 Å². The van der Waals surface area contributed by atoms with Crippen LogP contribution in [0, 0.1) is 5.82 Å². The lowest BCUT2D eigenvalue weighted by molar-refractivity contribution is -0.137. The zero-order valence-electron chi connectivity index (χ0n) is 16.0. The van der Waals surface area contributed by atoms with Crippen molar-refractivity contribution >= 4 is 23.2 Å². The third-order valence-corrected chi connectivity index (χ3v) is 4.95. The Labute approximate surface area is 182 Å². The number of benzene rings is 2. The molecule has 0 atom stereocenters. The van der Waals surface area contributed by atoms with Gasteiger partial charge in [0.1, 0.15) is 11.6 Å². The number of fused-ring (bicyclic) bond motifs is 1. The number of alkyl halides is 3. The van der Waals surface area contributed by atoms with Crippen LogP contribution in [0.3, 0.4) is 0 Å². The average molecular weight is 469 g/mol. The van der Waals surface area contributed by atoms with Gasteiger partial charge in [0.05, 0.1) is 22.8 Å². The molecular formula is C21H13ClF4N2O4. The molecule has 166 valence electrons. The van der Waals surface area contributed by atoms with Crippen molar-refractivity contribution in [3.63, 3.8) is 0 Å². The van der Waals surface area contributed by atoms with Crippen LogP contribution >= 0.6 is 11.6 Å². The summed E-state index contributed by atoms with van der Waals surface area (Å²) in [7, 11) is 0. The molecule has 0 bridgehead atoms. The summed E-state index contributed by atoms with van der Waals surface area (Å²) in [6.07, 6.45) is -3.27. The summed E-state index contributed by atoms with van der Waals surface area (Å²) in [5.74, 6) is -1.90. The number of carbonyl (C=O) groups excluding carboxylic acids is 1. The Hall–Kier alpha value is -3.53. The Morgan fingerprint density at radius 1 is 1.16 bits per heavy atom. The summed E-state index contributed by atoms with van der Waals surface area (Å²) in [5.41, 5.74) is -1.72. The molecule has 11 heteroatoms. The fourth-order valence-corrected chi connectivity index (χ4v) is 3.45. The van der Waals surface area contributed by atoms with Crippen molar-refractivity contribution in [2.24, 2.45) is 0 Å². The van der Waals surface area contributed by atoms with E-state index in [2.05, 4.69) is 10.3 Å². The third kappa shape index (κ3) is 4.26. The van der Waals surface area contributed by atoms with Gasteiger partial charge in [-0.25, -0.2) is 4.39 Å². The fraction of sp³-hybridized carbons (Fsp3) is 0.143. The molecule has 4 rings (SSSR count). The number of carbonyl (C=O) groups is 1. The third-order valence-electron chi connectivity index (χ3n) is 4.64. The first-order valence-corrected chi connectivity index (χ1v) is 9.54. The number of hydrogen-bond donors (Lipinski definition) is 2. The minimum absolute atomic E-state index is 0.0504. The summed E-state index contributed by atoms with van der Waals surface area (Å²) in [4.78, 5) is 26.6. The number of aromatic amines is 1. The number of H-pyrrole nitrogens is 1. The first-order valence-electron chi connectivity index (χ1n) is 9.16. The summed E-state index contributed by atoms with van der Waals surface area (Å²) >= 11 is 5.79. The van der Waals surface area contributed by atoms with Gasteiger partial charge in [0.15, 0.2) is 11.5 Å². The first-order chi connectivity index (χ1) is 15.1. The molecule has 0 saturated heterocycles. The molecule has 2 N–H and O–H groups in total. The monoisotopic (exact) mass is 468 g/mol. The lowest BCUT2D eigenvalue weighted by Gasteiger charge is -2.17. The van der Waals surface area contributed by atoms with Crippen LogP contribution in [0.15, 0.2) is 47.4 Å². The van der Waals surface area contributed by atoms with E-state index in [4.69, 9.17) is 21.1 Å². The van der Waals surface area contributed by atoms with E-state index in [1.54, 1.807) is 0 Å². The predicted octanol–water partition coefficient (Wildman–Crippen LogP) is 5.17. The molecule has 32 heavy (non-hydrogen) atoms. The molecule has 2 aromatic carbocycles. The first kappa shape index (κ1) is 21.7. The van der Waals surface area contributed by atoms with Crippen molar-refractivity contribution in [1.82, 2.24) is 4.98 Å². The van der Waals surface area contributed by atoms with Gasteiger partial charge in [0, 0.05) is 29.9 Å². The predicted molar refractivity (Wildman–Crippen MR) is 107 cm³/mol. The zero-order chi connectivity index (χ0) is 23.0. The van der Waals surface area contributed by atoms with Gasteiger partial charge in [-0.15, -0.1) is 0 Å². The summed E-state index contributed by atoms with van der Waals surface area (Å²) in [6, 6.07) is 6.16. The van der Waals surface area contributed by atoms with Crippen molar-refractivity contribution in [1.29, 1.82) is 0 Å². The van der Waals surface area contributed by atoms with E-state index >= 15 is 0 Å². The van der Waals surface area contributed by atoms with Crippen molar-refractivity contribution in [2.45, 2.75) is 12.6 Å². The minimum Gasteiger partial charge on any atom is -0.489 e. The van der Waals surface area contributed by atoms with Gasteiger partial charge in [-0.2, -0.15) is 13.2 Å². The normalized spacial score (nSPS) is 12.8. The van der Waals surface area contributed by atoms with Gasteiger partial charge in [-0.3, -0.25) is 9.59 Å². The number of anilines is 1. The summed E-state index contributed by atoms with van der Waals surface area (Å²) in [6.45, 7) is 0.178. The topological polar surface area (TPSA) is 80.4 Å². The molecule has 0 aliphatic carbocycles. The second kappa shape index (κ2) is 8.19.